The number of aliphatic imine (C=N–C) groups is 1. The maximum absolute atomic E-state index is 5.39. The highest BCUT2D eigenvalue weighted by Crippen LogP contribution is 2.19. The van der Waals surface area contributed by atoms with Gasteiger partial charge in [0, 0.05) is 38.8 Å². The summed E-state index contributed by atoms with van der Waals surface area (Å²) in [6, 6.07) is 0. The summed E-state index contributed by atoms with van der Waals surface area (Å²) < 4.78 is 5.39. The van der Waals surface area contributed by atoms with Crippen LogP contribution in [-0.4, -0.2) is 87.4 Å². The lowest BCUT2D eigenvalue weighted by atomic mass is 9.98. The number of morpholine rings is 1. The molecule has 154 valence electrons. The summed E-state index contributed by atoms with van der Waals surface area (Å²) in [4.78, 5) is 9.48. The summed E-state index contributed by atoms with van der Waals surface area (Å²) >= 11 is 0. The average molecular weight is 481 g/mol. The van der Waals surface area contributed by atoms with Gasteiger partial charge in [-0.05, 0) is 59.2 Å². The number of guanidine groups is 1. The first-order valence-corrected chi connectivity index (χ1v) is 10.1. The Labute approximate surface area is 177 Å². The SMILES string of the molecule is CN=C(NCCCCN1CCOCC1)NCC(C)(C)N1CCCCC1.I. The molecule has 2 saturated heterocycles. The van der Waals surface area contributed by atoms with Crippen molar-refractivity contribution in [3.63, 3.8) is 0 Å². The lowest BCUT2D eigenvalue weighted by molar-refractivity contribution is 0.0372. The maximum atomic E-state index is 5.39. The molecule has 0 aliphatic carbocycles. The van der Waals surface area contributed by atoms with E-state index in [1.54, 1.807) is 0 Å². The molecule has 0 aromatic carbocycles. The fourth-order valence-corrected chi connectivity index (χ4v) is 3.62. The second kappa shape index (κ2) is 13.1. The minimum Gasteiger partial charge on any atom is -0.379 e. The van der Waals surface area contributed by atoms with Crippen LogP contribution in [0.3, 0.4) is 0 Å². The number of likely N-dealkylation sites (tertiary alicyclic amines) is 1. The second-order valence-corrected chi connectivity index (χ2v) is 7.87. The van der Waals surface area contributed by atoms with Crippen LogP contribution in [0.15, 0.2) is 4.99 Å². The smallest absolute Gasteiger partial charge is 0.191 e. The van der Waals surface area contributed by atoms with Gasteiger partial charge in [-0.2, -0.15) is 0 Å². The van der Waals surface area contributed by atoms with Crippen LogP contribution >= 0.6 is 24.0 Å². The highest BCUT2D eigenvalue weighted by atomic mass is 127. The van der Waals surface area contributed by atoms with Crippen LogP contribution in [0.5, 0.6) is 0 Å². The Hall–Kier alpha value is -0.120. The standard InChI is InChI=1S/C19H39N5O.HI/c1-19(2,24-11-6-4-7-12-24)17-22-18(20-3)21-9-5-8-10-23-13-15-25-16-14-23;/h4-17H2,1-3H3,(H2,20,21,22);1H. The molecule has 0 saturated carbocycles. The van der Waals surface area contributed by atoms with Crippen LogP contribution in [0.25, 0.3) is 0 Å². The molecule has 0 atom stereocenters. The monoisotopic (exact) mass is 481 g/mol. The molecular formula is C19H40IN5O. The summed E-state index contributed by atoms with van der Waals surface area (Å²) in [5.41, 5.74) is 0.175. The first kappa shape index (κ1) is 23.9. The van der Waals surface area contributed by atoms with Crippen molar-refractivity contribution in [2.24, 2.45) is 4.99 Å². The minimum absolute atomic E-state index is 0. The number of nitrogens with one attached hydrogen (secondary N) is 2. The van der Waals surface area contributed by atoms with E-state index in [4.69, 9.17) is 4.74 Å². The van der Waals surface area contributed by atoms with Crippen molar-refractivity contribution in [2.45, 2.75) is 51.5 Å². The van der Waals surface area contributed by atoms with E-state index in [1.807, 2.05) is 7.05 Å². The molecule has 0 bridgehead atoms. The highest BCUT2D eigenvalue weighted by Gasteiger charge is 2.27. The van der Waals surface area contributed by atoms with Gasteiger partial charge < -0.3 is 15.4 Å². The van der Waals surface area contributed by atoms with E-state index < -0.39 is 0 Å². The Morgan fingerprint density at radius 1 is 1.00 bits per heavy atom. The van der Waals surface area contributed by atoms with Crippen LogP contribution in [0.1, 0.15) is 46.0 Å². The van der Waals surface area contributed by atoms with Gasteiger partial charge in [-0.1, -0.05) is 6.42 Å². The van der Waals surface area contributed by atoms with Gasteiger partial charge in [0.05, 0.1) is 13.2 Å². The van der Waals surface area contributed by atoms with Gasteiger partial charge in [-0.3, -0.25) is 14.8 Å². The molecule has 26 heavy (non-hydrogen) atoms. The number of piperidine rings is 1. The van der Waals surface area contributed by atoms with Crippen molar-refractivity contribution in [1.29, 1.82) is 0 Å². The summed E-state index contributed by atoms with van der Waals surface area (Å²) in [7, 11) is 1.86. The van der Waals surface area contributed by atoms with Crippen LogP contribution in [0.4, 0.5) is 0 Å². The molecule has 6 nitrogen and oxygen atoms in total. The Kier molecular flexibility index (Phi) is 12.1. The molecule has 0 radical (unpaired) electrons. The summed E-state index contributed by atoms with van der Waals surface area (Å²) in [6.45, 7) is 14.2. The molecule has 2 aliphatic heterocycles. The van der Waals surface area contributed by atoms with Gasteiger partial charge in [0.2, 0.25) is 0 Å². The van der Waals surface area contributed by atoms with Gasteiger partial charge in [-0.25, -0.2) is 0 Å². The lowest BCUT2D eigenvalue weighted by Crippen LogP contribution is -2.54. The topological polar surface area (TPSA) is 52.1 Å². The largest absolute Gasteiger partial charge is 0.379 e. The predicted octanol–water partition coefficient (Wildman–Crippen LogP) is 2.15. The third-order valence-corrected chi connectivity index (χ3v) is 5.42. The van der Waals surface area contributed by atoms with Crippen LogP contribution < -0.4 is 10.6 Å². The van der Waals surface area contributed by atoms with Gasteiger partial charge in [0.25, 0.3) is 0 Å². The molecular weight excluding hydrogens is 441 g/mol. The van der Waals surface area contributed by atoms with Crippen molar-refractivity contribution in [1.82, 2.24) is 20.4 Å². The number of unbranched alkanes of at least 4 members (excludes halogenated alkanes) is 1. The average Bonchev–Trinajstić information content (AvgIpc) is 2.65. The predicted molar refractivity (Wildman–Crippen MR) is 121 cm³/mol. The van der Waals surface area contributed by atoms with Crippen LogP contribution in [-0.2, 0) is 4.74 Å². The Bertz CT molecular complexity index is 393. The number of nitrogens with zero attached hydrogens (tertiary/aromatic N) is 3. The molecule has 2 rings (SSSR count). The van der Waals surface area contributed by atoms with E-state index in [1.165, 1.54) is 51.7 Å². The van der Waals surface area contributed by atoms with Crippen molar-refractivity contribution >= 4 is 29.9 Å². The summed E-state index contributed by atoms with van der Waals surface area (Å²) in [5, 5.41) is 6.98. The van der Waals surface area contributed by atoms with Gasteiger partial charge in [0.1, 0.15) is 0 Å². The second-order valence-electron chi connectivity index (χ2n) is 7.87. The maximum Gasteiger partial charge on any atom is 0.191 e. The van der Waals surface area contributed by atoms with E-state index in [0.717, 1.165) is 45.4 Å². The number of rotatable bonds is 8. The van der Waals surface area contributed by atoms with Crippen LogP contribution in [0.2, 0.25) is 0 Å². The number of hydrogen-bond acceptors (Lipinski definition) is 4. The van der Waals surface area contributed by atoms with E-state index in [-0.39, 0.29) is 29.5 Å². The van der Waals surface area contributed by atoms with E-state index in [9.17, 15) is 0 Å². The number of ether oxygens (including phenoxy) is 1. The number of hydrogen-bond donors (Lipinski definition) is 2. The summed E-state index contributed by atoms with van der Waals surface area (Å²) in [5.74, 6) is 0.927. The quantitative estimate of drug-likeness (QED) is 0.241. The van der Waals surface area contributed by atoms with Gasteiger partial charge in [-0.15, -0.1) is 24.0 Å². The van der Waals surface area contributed by atoms with Crippen LogP contribution in [0, 0.1) is 0 Å². The molecule has 2 fully saturated rings. The molecule has 0 aromatic heterocycles. The van der Waals surface area contributed by atoms with Crippen molar-refractivity contribution in [3.05, 3.63) is 0 Å². The lowest BCUT2D eigenvalue weighted by Gasteiger charge is -2.41. The molecule has 2 heterocycles. The molecule has 7 heteroatoms. The molecule has 0 amide bonds. The van der Waals surface area contributed by atoms with E-state index in [0.29, 0.717) is 0 Å². The highest BCUT2D eigenvalue weighted by molar-refractivity contribution is 14.0. The third kappa shape index (κ3) is 8.71. The zero-order valence-corrected chi connectivity index (χ0v) is 19.4. The molecule has 2 N–H and O–H groups in total. The van der Waals surface area contributed by atoms with Crippen molar-refractivity contribution in [3.8, 4) is 0 Å². The Morgan fingerprint density at radius 3 is 2.35 bits per heavy atom. The Balaban J connectivity index is 0.00000338. The first-order valence-electron chi connectivity index (χ1n) is 10.1. The minimum atomic E-state index is 0. The fraction of sp³-hybridized carbons (Fsp3) is 0.947. The zero-order valence-electron chi connectivity index (χ0n) is 17.1. The third-order valence-electron chi connectivity index (χ3n) is 5.42. The zero-order chi connectivity index (χ0) is 18.0. The summed E-state index contributed by atoms with van der Waals surface area (Å²) in [6.07, 6.45) is 6.45. The van der Waals surface area contributed by atoms with Crippen molar-refractivity contribution < 1.29 is 4.74 Å². The van der Waals surface area contributed by atoms with Gasteiger partial charge >= 0.3 is 0 Å². The molecule has 2 aliphatic rings. The van der Waals surface area contributed by atoms with E-state index in [2.05, 4.69) is 39.3 Å². The number of halogens is 1. The van der Waals surface area contributed by atoms with Gasteiger partial charge in [0.15, 0.2) is 5.96 Å². The first-order chi connectivity index (χ1) is 12.1. The molecule has 0 unspecified atom stereocenters. The Morgan fingerprint density at radius 2 is 1.69 bits per heavy atom. The van der Waals surface area contributed by atoms with E-state index >= 15 is 0 Å². The normalized spacial score (nSPS) is 20.5. The molecule has 0 aromatic rings. The fourth-order valence-electron chi connectivity index (χ4n) is 3.62. The van der Waals surface area contributed by atoms with Crippen molar-refractivity contribution in [2.75, 3.05) is 66.1 Å². The molecule has 0 spiro atoms.